The number of amides is 1. The van der Waals surface area contributed by atoms with Crippen LogP contribution in [0.5, 0.6) is 0 Å². The molecule has 0 fully saturated rings. The molecule has 0 aliphatic carbocycles. The molecule has 0 bridgehead atoms. The number of carbonyl (C=O) groups is 2. The van der Waals surface area contributed by atoms with Crippen LogP contribution in [0, 0.1) is 10.1 Å². The first kappa shape index (κ1) is 14.8. The summed E-state index contributed by atoms with van der Waals surface area (Å²) < 4.78 is 0. The number of nitro groups is 1. The molecule has 3 aromatic carbocycles. The van der Waals surface area contributed by atoms with Crippen LogP contribution in [-0.4, -0.2) is 21.9 Å². The Hall–Kier alpha value is -3.74. The van der Waals surface area contributed by atoms with Crippen molar-refractivity contribution in [3.63, 3.8) is 0 Å². The molecule has 1 heterocycles. The maximum Gasteiger partial charge on any atom is 0.335 e. The lowest BCUT2D eigenvalue weighted by molar-refractivity contribution is -0.383. The summed E-state index contributed by atoms with van der Waals surface area (Å²) in [5, 5.41) is 21.3. The SMILES string of the molecule is O=C(O)c1cccc(N2C(=O)c3cccc4c([N+](=O)[O-])ccc2c34)c1. The average molecular weight is 334 g/mol. The van der Waals surface area contributed by atoms with E-state index in [1.165, 1.54) is 29.2 Å². The first-order valence-corrected chi connectivity index (χ1v) is 7.37. The molecule has 3 aromatic rings. The third-order valence-corrected chi connectivity index (χ3v) is 4.22. The maximum atomic E-state index is 12.8. The van der Waals surface area contributed by atoms with Gasteiger partial charge in [0.25, 0.3) is 11.6 Å². The topological polar surface area (TPSA) is 101 Å². The number of hydrogen-bond donors (Lipinski definition) is 1. The van der Waals surface area contributed by atoms with Crippen molar-refractivity contribution in [1.29, 1.82) is 0 Å². The number of rotatable bonds is 3. The second kappa shape index (κ2) is 5.13. The number of nitro benzene ring substituents is 1. The van der Waals surface area contributed by atoms with Crippen molar-refractivity contribution in [2.75, 3.05) is 4.90 Å². The highest BCUT2D eigenvalue weighted by atomic mass is 16.6. The van der Waals surface area contributed by atoms with Gasteiger partial charge >= 0.3 is 5.97 Å². The Balaban J connectivity index is 1.98. The average Bonchev–Trinajstić information content (AvgIpc) is 2.89. The van der Waals surface area contributed by atoms with Gasteiger partial charge in [0.15, 0.2) is 0 Å². The van der Waals surface area contributed by atoms with Gasteiger partial charge in [-0.05, 0) is 36.4 Å². The molecule has 0 unspecified atom stereocenters. The van der Waals surface area contributed by atoms with Crippen LogP contribution in [0.4, 0.5) is 17.1 Å². The van der Waals surface area contributed by atoms with E-state index in [9.17, 15) is 19.7 Å². The second-order valence-corrected chi connectivity index (χ2v) is 5.59. The molecule has 0 saturated carbocycles. The van der Waals surface area contributed by atoms with Crippen molar-refractivity contribution in [3.05, 3.63) is 75.8 Å². The molecule has 122 valence electrons. The van der Waals surface area contributed by atoms with Gasteiger partial charge in [-0.15, -0.1) is 0 Å². The van der Waals surface area contributed by atoms with Gasteiger partial charge in [0.1, 0.15) is 0 Å². The zero-order valence-electron chi connectivity index (χ0n) is 12.7. The zero-order chi connectivity index (χ0) is 17.7. The van der Waals surface area contributed by atoms with Crippen molar-refractivity contribution >= 4 is 39.7 Å². The molecule has 1 aliphatic rings. The first-order chi connectivity index (χ1) is 12.0. The van der Waals surface area contributed by atoms with E-state index >= 15 is 0 Å². The number of aromatic carboxylic acids is 1. The molecule has 0 radical (unpaired) electrons. The quantitative estimate of drug-likeness (QED) is 0.581. The molecule has 7 nitrogen and oxygen atoms in total. The van der Waals surface area contributed by atoms with Crippen molar-refractivity contribution in [2.24, 2.45) is 0 Å². The van der Waals surface area contributed by atoms with Gasteiger partial charge < -0.3 is 5.11 Å². The highest BCUT2D eigenvalue weighted by Gasteiger charge is 2.33. The molecule has 1 aliphatic heterocycles. The van der Waals surface area contributed by atoms with Crippen molar-refractivity contribution in [3.8, 4) is 0 Å². The standard InChI is InChI=1S/C18H10N2O5/c21-17-13-6-2-5-12-14(20(24)25)7-8-15(16(12)13)19(17)11-4-1-3-10(9-11)18(22)23/h1-9H,(H,22,23). The summed E-state index contributed by atoms with van der Waals surface area (Å²) in [5.74, 6) is -1.44. The number of hydrogen-bond acceptors (Lipinski definition) is 4. The summed E-state index contributed by atoms with van der Waals surface area (Å²) in [6.45, 7) is 0. The van der Waals surface area contributed by atoms with Crippen LogP contribution in [0.3, 0.4) is 0 Å². The van der Waals surface area contributed by atoms with E-state index in [1.54, 1.807) is 30.3 Å². The fraction of sp³-hybridized carbons (Fsp3) is 0. The van der Waals surface area contributed by atoms with Crippen molar-refractivity contribution in [2.45, 2.75) is 0 Å². The highest BCUT2D eigenvalue weighted by Crippen LogP contribution is 2.44. The molecule has 1 N–H and O–H groups in total. The van der Waals surface area contributed by atoms with Crippen LogP contribution in [0.25, 0.3) is 10.8 Å². The summed E-state index contributed by atoms with van der Waals surface area (Å²) in [6, 6.07) is 13.7. The molecule has 7 heteroatoms. The summed E-state index contributed by atoms with van der Waals surface area (Å²) in [5.41, 5.74) is 1.24. The lowest BCUT2D eigenvalue weighted by Gasteiger charge is -2.18. The largest absolute Gasteiger partial charge is 0.478 e. The summed E-state index contributed by atoms with van der Waals surface area (Å²) in [6.07, 6.45) is 0. The minimum atomic E-state index is -1.10. The van der Waals surface area contributed by atoms with Gasteiger partial charge in [0.2, 0.25) is 0 Å². The van der Waals surface area contributed by atoms with E-state index in [1.807, 2.05) is 0 Å². The van der Waals surface area contributed by atoms with Crippen LogP contribution in [-0.2, 0) is 0 Å². The molecule has 0 atom stereocenters. The van der Waals surface area contributed by atoms with Gasteiger partial charge in [0, 0.05) is 11.5 Å². The number of anilines is 2. The van der Waals surface area contributed by atoms with Gasteiger partial charge in [-0.25, -0.2) is 4.79 Å². The Bertz CT molecular complexity index is 1090. The number of benzene rings is 3. The molecule has 0 aromatic heterocycles. The fourth-order valence-corrected chi connectivity index (χ4v) is 3.16. The Morgan fingerprint density at radius 1 is 1.08 bits per heavy atom. The summed E-state index contributed by atoms with van der Waals surface area (Å²) in [7, 11) is 0. The minimum absolute atomic E-state index is 0.0550. The monoisotopic (exact) mass is 334 g/mol. The minimum Gasteiger partial charge on any atom is -0.478 e. The Kier molecular flexibility index (Phi) is 3.04. The van der Waals surface area contributed by atoms with Crippen molar-refractivity contribution in [1.82, 2.24) is 0 Å². The smallest absolute Gasteiger partial charge is 0.335 e. The second-order valence-electron chi connectivity index (χ2n) is 5.59. The van der Waals surface area contributed by atoms with E-state index in [2.05, 4.69) is 0 Å². The first-order valence-electron chi connectivity index (χ1n) is 7.37. The van der Waals surface area contributed by atoms with Gasteiger partial charge in [-0.1, -0.05) is 12.1 Å². The number of nitrogens with zero attached hydrogens (tertiary/aromatic N) is 2. The van der Waals surface area contributed by atoms with Gasteiger partial charge in [-0.2, -0.15) is 0 Å². The van der Waals surface area contributed by atoms with Crippen LogP contribution < -0.4 is 4.90 Å². The van der Waals surface area contributed by atoms with Crippen LogP contribution in [0.1, 0.15) is 20.7 Å². The van der Waals surface area contributed by atoms with Crippen molar-refractivity contribution < 1.29 is 19.6 Å². The molecule has 0 saturated heterocycles. The Morgan fingerprint density at radius 3 is 2.56 bits per heavy atom. The van der Waals surface area contributed by atoms with E-state index in [0.29, 0.717) is 27.7 Å². The number of carbonyl (C=O) groups excluding carboxylic acids is 1. The Labute approximate surface area is 140 Å². The lowest BCUT2D eigenvalue weighted by atomic mass is 10.0. The number of carboxylic acid groups (broad SMARTS) is 1. The van der Waals surface area contributed by atoms with E-state index in [4.69, 9.17) is 5.11 Å². The van der Waals surface area contributed by atoms with Gasteiger partial charge in [-0.3, -0.25) is 19.8 Å². The molecule has 1 amide bonds. The normalized spacial score (nSPS) is 12.6. The predicted octanol–water partition coefficient (Wildman–Crippen LogP) is 3.74. The molecule has 0 spiro atoms. The summed E-state index contributed by atoms with van der Waals surface area (Å²) in [4.78, 5) is 36.2. The van der Waals surface area contributed by atoms with Gasteiger partial charge in [0.05, 0.1) is 32.8 Å². The molecular formula is C18H10N2O5. The maximum absolute atomic E-state index is 12.8. The number of carboxylic acids is 1. The van der Waals surface area contributed by atoms with Crippen LogP contribution in [0.15, 0.2) is 54.6 Å². The van der Waals surface area contributed by atoms with Crippen LogP contribution in [0.2, 0.25) is 0 Å². The zero-order valence-corrected chi connectivity index (χ0v) is 12.7. The number of non-ortho nitro benzene ring substituents is 1. The molecular weight excluding hydrogens is 324 g/mol. The van der Waals surface area contributed by atoms with E-state index < -0.39 is 10.9 Å². The fourth-order valence-electron chi connectivity index (χ4n) is 3.16. The van der Waals surface area contributed by atoms with E-state index in [-0.39, 0.29) is 17.2 Å². The third kappa shape index (κ3) is 2.06. The summed E-state index contributed by atoms with van der Waals surface area (Å²) >= 11 is 0. The Morgan fingerprint density at radius 2 is 1.84 bits per heavy atom. The highest BCUT2D eigenvalue weighted by molar-refractivity contribution is 6.28. The third-order valence-electron chi connectivity index (χ3n) is 4.22. The predicted molar refractivity (Wildman–Crippen MR) is 90.5 cm³/mol. The lowest BCUT2D eigenvalue weighted by Crippen LogP contribution is -2.21. The molecule has 25 heavy (non-hydrogen) atoms. The van der Waals surface area contributed by atoms with E-state index in [0.717, 1.165) is 0 Å². The molecule has 4 rings (SSSR count). The van der Waals surface area contributed by atoms with Crippen LogP contribution >= 0.6 is 0 Å².